The van der Waals surface area contributed by atoms with Gasteiger partial charge in [0.1, 0.15) is 5.82 Å². The molecule has 10 heteroatoms. The van der Waals surface area contributed by atoms with Crippen molar-refractivity contribution in [2.75, 3.05) is 42.3 Å². The van der Waals surface area contributed by atoms with Crippen LogP contribution in [0.3, 0.4) is 0 Å². The van der Waals surface area contributed by atoms with E-state index in [-0.39, 0.29) is 18.4 Å². The molecule has 0 aliphatic carbocycles. The fraction of sp³-hybridized carbons (Fsp3) is 0.333. The molecule has 0 spiro atoms. The molecule has 3 amide bonds. The van der Waals surface area contributed by atoms with Gasteiger partial charge in [-0.05, 0) is 24.1 Å². The summed E-state index contributed by atoms with van der Waals surface area (Å²) in [7, 11) is 4.01. The number of aromatic nitrogens is 3. The predicted molar refractivity (Wildman–Crippen MR) is 122 cm³/mol. The summed E-state index contributed by atoms with van der Waals surface area (Å²) >= 11 is 1.37. The number of anilines is 3. The quantitative estimate of drug-likeness (QED) is 0.590. The van der Waals surface area contributed by atoms with E-state index in [1.54, 1.807) is 21.8 Å². The summed E-state index contributed by atoms with van der Waals surface area (Å²) in [6.07, 6.45) is 2.68. The second kappa shape index (κ2) is 9.17. The zero-order chi connectivity index (χ0) is 21.8. The number of benzene rings is 1. The van der Waals surface area contributed by atoms with Crippen LogP contribution < -0.4 is 20.4 Å². The van der Waals surface area contributed by atoms with Gasteiger partial charge in [-0.1, -0.05) is 12.1 Å². The van der Waals surface area contributed by atoms with Gasteiger partial charge in [-0.15, -0.1) is 11.3 Å². The highest BCUT2D eigenvalue weighted by Gasteiger charge is 2.22. The molecule has 2 N–H and O–H groups in total. The molecule has 2 aromatic heterocycles. The first-order valence-corrected chi connectivity index (χ1v) is 11.0. The van der Waals surface area contributed by atoms with Crippen molar-refractivity contribution in [2.45, 2.75) is 19.4 Å². The number of nitrogens with one attached hydrogen (secondary N) is 2. The molecule has 0 unspecified atom stereocenters. The summed E-state index contributed by atoms with van der Waals surface area (Å²) in [6, 6.07) is 9.85. The molecule has 31 heavy (non-hydrogen) atoms. The molecule has 0 radical (unpaired) electrons. The van der Waals surface area contributed by atoms with E-state index in [1.807, 2.05) is 24.4 Å². The molecule has 1 aromatic carbocycles. The Morgan fingerprint density at radius 3 is 2.81 bits per heavy atom. The van der Waals surface area contributed by atoms with E-state index >= 15 is 0 Å². The van der Waals surface area contributed by atoms with Crippen LogP contribution in [0.1, 0.15) is 17.7 Å². The second-order valence-corrected chi connectivity index (χ2v) is 8.36. The van der Waals surface area contributed by atoms with Gasteiger partial charge in [0.05, 0.1) is 24.9 Å². The Morgan fingerprint density at radius 1 is 1.26 bits per heavy atom. The highest BCUT2D eigenvalue weighted by Crippen LogP contribution is 2.23. The van der Waals surface area contributed by atoms with Crippen molar-refractivity contribution >= 4 is 39.9 Å². The van der Waals surface area contributed by atoms with E-state index < -0.39 is 0 Å². The number of rotatable bonds is 7. The van der Waals surface area contributed by atoms with E-state index in [1.165, 1.54) is 11.3 Å². The highest BCUT2D eigenvalue weighted by molar-refractivity contribution is 7.14. The maximum atomic E-state index is 12.6. The van der Waals surface area contributed by atoms with Gasteiger partial charge in [-0.25, -0.2) is 14.5 Å². The van der Waals surface area contributed by atoms with Gasteiger partial charge in [-0.3, -0.25) is 9.69 Å². The Labute approximate surface area is 184 Å². The van der Waals surface area contributed by atoms with E-state index in [4.69, 9.17) is 0 Å². The summed E-state index contributed by atoms with van der Waals surface area (Å²) in [6.45, 7) is 1.88. The smallest absolute Gasteiger partial charge is 0.323 e. The maximum absolute atomic E-state index is 12.6. The fourth-order valence-electron chi connectivity index (χ4n) is 3.30. The van der Waals surface area contributed by atoms with Crippen molar-refractivity contribution in [3.63, 3.8) is 0 Å². The Balaban J connectivity index is 1.36. The largest absolute Gasteiger partial charge is 0.378 e. The summed E-state index contributed by atoms with van der Waals surface area (Å²) < 4.78 is 1.76. The van der Waals surface area contributed by atoms with Crippen LogP contribution in [0.4, 0.5) is 21.4 Å². The summed E-state index contributed by atoms with van der Waals surface area (Å²) in [5, 5.41) is 12.5. The zero-order valence-electron chi connectivity index (χ0n) is 17.5. The van der Waals surface area contributed by atoms with Crippen LogP contribution >= 0.6 is 11.3 Å². The van der Waals surface area contributed by atoms with Gasteiger partial charge in [0.25, 0.3) is 0 Å². The number of thiazole rings is 1. The molecule has 9 nitrogen and oxygen atoms in total. The lowest BCUT2D eigenvalue weighted by Gasteiger charge is -2.24. The summed E-state index contributed by atoms with van der Waals surface area (Å²) in [5.41, 5.74) is 2.86. The van der Waals surface area contributed by atoms with Gasteiger partial charge in [0.2, 0.25) is 5.91 Å². The number of hydrogen-bond acceptors (Lipinski definition) is 6. The van der Waals surface area contributed by atoms with Crippen LogP contribution in [0.5, 0.6) is 0 Å². The standard InChI is InChI=1S/C21H25N7O2S/c1-26(2)17-6-4-15(5-7-17)13-28-18(8-10-23-28)25-19(29)12-16-14-31-21(24-16)27-11-3-9-22-20(27)30/h4-8,10,14H,3,9,11-13H2,1-2H3,(H,22,30)(H,25,29). The molecule has 3 heterocycles. The Morgan fingerprint density at radius 2 is 2.06 bits per heavy atom. The normalized spacial score (nSPS) is 13.7. The monoisotopic (exact) mass is 439 g/mol. The van der Waals surface area contributed by atoms with E-state index in [0.29, 0.717) is 36.3 Å². The third-order valence-corrected chi connectivity index (χ3v) is 5.87. The molecule has 3 aromatic rings. The van der Waals surface area contributed by atoms with Crippen LogP contribution in [-0.4, -0.2) is 53.9 Å². The van der Waals surface area contributed by atoms with Crippen LogP contribution in [-0.2, 0) is 17.8 Å². The van der Waals surface area contributed by atoms with Crippen LogP contribution in [0.15, 0.2) is 41.9 Å². The SMILES string of the molecule is CN(C)c1ccc(Cn2nccc2NC(=O)Cc2csc(N3CCCNC3=O)n2)cc1. The van der Waals surface area contributed by atoms with Gasteiger partial charge in [0, 0.05) is 44.3 Å². The first-order chi connectivity index (χ1) is 15.0. The number of hydrogen-bond donors (Lipinski definition) is 2. The Hall–Kier alpha value is -3.40. The molecule has 1 fully saturated rings. The average molecular weight is 440 g/mol. The topological polar surface area (TPSA) is 95.4 Å². The Bertz CT molecular complexity index is 1060. The average Bonchev–Trinajstić information content (AvgIpc) is 3.38. The zero-order valence-corrected chi connectivity index (χ0v) is 18.4. The molecule has 1 aliphatic heterocycles. The van der Waals surface area contributed by atoms with E-state index in [0.717, 1.165) is 17.7 Å². The van der Waals surface area contributed by atoms with Crippen LogP contribution in [0.25, 0.3) is 0 Å². The molecular weight excluding hydrogens is 414 g/mol. The number of carbonyl (C=O) groups is 2. The lowest BCUT2D eigenvalue weighted by molar-refractivity contribution is -0.115. The lowest BCUT2D eigenvalue weighted by atomic mass is 10.2. The van der Waals surface area contributed by atoms with Gasteiger partial charge < -0.3 is 15.5 Å². The summed E-state index contributed by atoms with van der Waals surface area (Å²) in [5.74, 6) is 0.456. The number of amides is 3. The minimum atomic E-state index is -0.176. The Kier molecular flexibility index (Phi) is 6.17. The molecule has 1 aliphatic rings. The first kappa shape index (κ1) is 20.9. The molecule has 0 atom stereocenters. The molecule has 1 saturated heterocycles. The number of nitrogens with zero attached hydrogens (tertiary/aromatic N) is 5. The van der Waals surface area contributed by atoms with Crippen LogP contribution in [0.2, 0.25) is 0 Å². The lowest BCUT2D eigenvalue weighted by Crippen LogP contribution is -2.46. The predicted octanol–water partition coefficient (Wildman–Crippen LogP) is 2.55. The van der Waals surface area contributed by atoms with Crippen molar-refractivity contribution in [3.8, 4) is 0 Å². The maximum Gasteiger partial charge on any atom is 0.323 e. The van der Waals surface area contributed by atoms with Crippen molar-refractivity contribution in [1.82, 2.24) is 20.1 Å². The molecule has 0 saturated carbocycles. The van der Waals surface area contributed by atoms with E-state index in [9.17, 15) is 9.59 Å². The third kappa shape index (κ3) is 5.02. The number of carbonyl (C=O) groups excluding carboxylic acids is 2. The van der Waals surface area contributed by atoms with Crippen molar-refractivity contribution in [3.05, 3.63) is 53.2 Å². The van der Waals surface area contributed by atoms with Gasteiger partial charge >= 0.3 is 6.03 Å². The van der Waals surface area contributed by atoms with Gasteiger partial charge in [-0.2, -0.15) is 5.10 Å². The van der Waals surface area contributed by atoms with Crippen molar-refractivity contribution in [2.24, 2.45) is 0 Å². The van der Waals surface area contributed by atoms with Crippen molar-refractivity contribution < 1.29 is 9.59 Å². The minimum absolute atomic E-state index is 0.134. The summed E-state index contributed by atoms with van der Waals surface area (Å²) in [4.78, 5) is 32.7. The van der Waals surface area contributed by atoms with E-state index in [2.05, 4.69) is 45.0 Å². The molecule has 0 bridgehead atoms. The van der Waals surface area contributed by atoms with Crippen LogP contribution in [0, 0.1) is 0 Å². The van der Waals surface area contributed by atoms with Gasteiger partial charge in [0.15, 0.2) is 5.13 Å². The van der Waals surface area contributed by atoms with Crippen molar-refractivity contribution in [1.29, 1.82) is 0 Å². The number of urea groups is 1. The molecule has 4 rings (SSSR count). The molecular formula is C21H25N7O2S. The fourth-order valence-corrected chi connectivity index (χ4v) is 4.15. The molecule has 162 valence electrons. The minimum Gasteiger partial charge on any atom is -0.378 e. The first-order valence-electron chi connectivity index (χ1n) is 10.1. The third-order valence-electron chi connectivity index (χ3n) is 4.96. The second-order valence-electron chi connectivity index (χ2n) is 7.52. The highest BCUT2D eigenvalue weighted by atomic mass is 32.1.